The van der Waals surface area contributed by atoms with Gasteiger partial charge >= 0.3 is 0 Å². The molecule has 23 heavy (non-hydrogen) atoms. The van der Waals surface area contributed by atoms with Crippen LogP contribution in [0.25, 0.3) is 11.5 Å². The minimum Gasteiger partial charge on any atom is -0.493 e. The summed E-state index contributed by atoms with van der Waals surface area (Å²) >= 11 is 3.30. The highest BCUT2D eigenvalue weighted by Crippen LogP contribution is 2.33. The fraction of sp³-hybridized carbons (Fsp3) is 0.125. The van der Waals surface area contributed by atoms with Gasteiger partial charge in [0.05, 0.1) is 13.4 Å². The quantitative estimate of drug-likeness (QED) is 0.602. The molecule has 0 aliphatic carbocycles. The van der Waals surface area contributed by atoms with Gasteiger partial charge < -0.3 is 18.4 Å². The van der Waals surface area contributed by atoms with Crippen LogP contribution in [0.15, 0.2) is 50.0 Å². The summed E-state index contributed by atoms with van der Waals surface area (Å²) in [6.45, 7) is 0.167. The molecule has 0 saturated heterocycles. The molecule has 1 aromatic carbocycles. The summed E-state index contributed by atoms with van der Waals surface area (Å²) in [6, 6.07) is 8.55. The third-order valence-corrected chi connectivity index (χ3v) is 3.80. The summed E-state index contributed by atoms with van der Waals surface area (Å²) in [5.74, 6) is 2.07. The number of carbonyl (C=O) groups excluding carboxylic acids is 1. The molecule has 0 spiro atoms. The summed E-state index contributed by atoms with van der Waals surface area (Å²) in [7, 11) is 1.53. The maximum absolute atomic E-state index is 11.0. The van der Waals surface area contributed by atoms with Crippen LogP contribution in [0.1, 0.15) is 16.1 Å². The van der Waals surface area contributed by atoms with Gasteiger partial charge in [-0.05, 0) is 40.2 Å². The first-order valence-corrected chi connectivity index (χ1v) is 7.45. The van der Waals surface area contributed by atoms with Crippen molar-refractivity contribution >= 4 is 22.2 Å². The number of ether oxygens (including phenoxy) is 2. The van der Waals surface area contributed by atoms with E-state index in [-0.39, 0.29) is 6.61 Å². The lowest BCUT2D eigenvalue weighted by atomic mass is 10.2. The number of carbonyl (C=O) groups is 1. The Bertz CT molecular complexity index is 810. The molecule has 118 valence electrons. The Hall–Kier alpha value is -2.54. The fourth-order valence-electron chi connectivity index (χ4n) is 1.98. The average Bonchev–Trinajstić information content (AvgIpc) is 3.24. The Labute approximate surface area is 140 Å². The molecule has 7 heteroatoms. The molecule has 2 aromatic heterocycles. The zero-order valence-corrected chi connectivity index (χ0v) is 13.7. The largest absolute Gasteiger partial charge is 0.493 e. The molecule has 6 nitrogen and oxygen atoms in total. The van der Waals surface area contributed by atoms with Gasteiger partial charge in [-0.25, -0.2) is 0 Å². The molecule has 2 heterocycles. The van der Waals surface area contributed by atoms with Crippen molar-refractivity contribution in [3.8, 4) is 23.0 Å². The highest BCUT2D eigenvalue weighted by molar-refractivity contribution is 9.10. The first kappa shape index (κ1) is 15.4. The van der Waals surface area contributed by atoms with Crippen molar-refractivity contribution in [1.82, 2.24) is 5.16 Å². The van der Waals surface area contributed by atoms with Crippen molar-refractivity contribution in [1.29, 1.82) is 0 Å². The number of nitrogens with zero attached hydrogens (tertiary/aromatic N) is 1. The standard InChI is InChI=1S/C16H12BrNO5/c1-20-14-7-12(17)10(8-19)5-15(14)22-9-11-6-16(23-18-11)13-3-2-4-21-13/h2-8H,9H2,1H3. The SMILES string of the molecule is COc1cc(Br)c(C=O)cc1OCc1cc(-c2ccco2)on1. The normalized spacial score (nSPS) is 10.5. The van der Waals surface area contributed by atoms with E-state index >= 15 is 0 Å². The van der Waals surface area contributed by atoms with Gasteiger partial charge in [-0.15, -0.1) is 0 Å². The van der Waals surface area contributed by atoms with Gasteiger partial charge in [0.15, 0.2) is 23.5 Å². The van der Waals surface area contributed by atoms with E-state index in [4.69, 9.17) is 18.4 Å². The number of aromatic nitrogens is 1. The smallest absolute Gasteiger partial charge is 0.202 e. The zero-order valence-electron chi connectivity index (χ0n) is 12.1. The summed E-state index contributed by atoms with van der Waals surface area (Å²) in [4.78, 5) is 11.0. The molecule has 0 fully saturated rings. The Kier molecular flexibility index (Phi) is 4.47. The van der Waals surface area contributed by atoms with E-state index in [1.54, 1.807) is 36.6 Å². The number of methoxy groups -OCH3 is 1. The van der Waals surface area contributed by atoms with Crippen molar-refractivity contribution in [2.24, 2.45) is 0 Å². The summed E-state index contributed by atoms with van der Waals surface area (Å²) in [5, 5.41) is 3.92. The minimum atomic E-state index is 0.167. The number of furan rings is 1. The van der Waals surface area contributed by atoms with E-state index in [0.717, 1.165) is 6.29 Å². The Morgan fingerprint density at radius 3 is 2.83 bits per heavy atom. The lowest BCUT2D eigenvalue weighted by molar-refractivity contribution is 0.112. The first-order valence-electron chi connectivity index (χ1n) is 6.66. The zero-order chi connectivity index (χ0) is 16.2. The van der Waals surface area contributed by atoms with E-state index in [1.165, 1.54) is 7.11 Å². The number of aldehydes is 1. The molecule has 0 amide bonds. The number of rotatable bonds is 6. The molecule has 0 saturated carbocycles. The average molecular weight is 378 g/mol. The maximum Gasteiger partial charge on any atom is 0.202 e. The third-order valence-electron chi connectivity index (χ3n) is 3.11. The van der Waals surface area contributed by atoms with E-state index in [2.05, 4.69) is 21.1 Å². The van der Waals surface area contributed by atoms with Crippen LogP contribution in [0.4, 0.5) is 0 Å². The van der Waals surface area contributed by atoms with Gasteiger partial charge in [-0.2, -0.15) is 0 Å². The van der Waals surface area contributed by atoms with Gasteiger partial charge in [0.1, 0.15) is 12.3 Å². The van der Waals surface area contributed by atoms with Crippen molar-refractivity contribution < 1.29 is 23.2 Å². The molecule has 3 aromatic rings. The molecule has 0 N–H and O–H groups in total. The summed E-state index contributed by atoms with van der Waals surface area (Å²) in [5.41, 5.74) is 1.06. The molecular formula is C16H12BrNO5. The number of hydrogen-bond donors (Lipinski definition) is 0. The minimum absolute atomic E-state index is 0.167. The molecular weight excluding hydrogens is 366 g/mol. The Balaban J connectivity index is 1.77. The lowest BCUT2D eigenvalue weighted by Gasteiger charge is -2.11. The summed E-state index contributed by atoms with van der Waals surface area (Å²) < 4.78 is 22.0. The highest BCUT2D eigenvalue weighted by Gasteiger charge is 2.13. The second kappa shape index (κ2) is 6.70. The monoisotopic (exact) mass is 377 g/mol. The molecule has 0 bridgehead atoms. The molecule has 0 unspecified atom stereocenters. The Morgan fingerprint density at radius 1 is 1.26 bits per heavy atom. The second-order valence-electron chi connectivity index (χ2n) is 4.59. The first-order chi connectivity index (χ1) is 11.2. The van der Waals surface area contributed by atoms with Gasteiger partial charge in [0.2, 0.25) is 5.76 Å². The predicted molar refractivity (Wildman–Crippen MR) is 84.6 cm³/mol. The van der Waals surface area contributed by atoms with E-state index in [0.29, 0.717) is 38.7 Å². The molecule has 0 aliphatic rings. The van der Waals surface area contributed by atoms with Crippen LogP contribution < -0.4 is 9.47 Å². The van der Waals surface area contributed by atoms with Crippen LogP contribution >= 0.6 is 15.9 Å². The maximum atomic E-state index is 11.0. The number of halogens is 1. The van der Waals surface area contributed by atoms with E-state index < -0.39 is 0 Å². The highest BCUT2D eigenvalue weighted by atomic mass is 79.9. The predicted octanol–water partition coefficient (Wildman–Crippen LogP) is 4.10. The van der Waals surface area contributed by atoms with Gasteiger partial charge in [0.25, 0.3) is 0 Å². The van der Waals surface area contributed by atoms with Crippen LogP contribution in [0.3, 0.4) is 0 Å². The van der Waals surface area contributed by atoms with E-state index in [1.807, 2.05) is 0 Å². The van der Waals surface area contributed by atoms with Gasteiger partial charge in [0, 0.05) is 16.1 Å². The molecule has 3 rings (SSSR count). The number of hydrogen-bond acceptors (Lipinski definition) is 6. The van der Waals surface area contributed by atoms with Crippen LogP contribution in [0.5, 0.6) is 11.5 Å². The number of benzene rings is 1. The van der Waals surface area contributed by atoms with Crippen molar-refractivity contribution in [3.05, 3.63) is 52.3 Å². The Morgan fingerprint density at radius 2 is 2.13 bits per heavy atom. The van der Waals surface area contributed by atoms with Crippen LogP contribution in [-0.4, -0.2) is 18.6 Å². The second-order valence-corrected chi connectivity index (χ2v) is 5.45. The van der Waals surface area contributed by atoms with E-state index in [9.17, 15) is 4.79 Å². The lowest BCUT2D eigenvalue weighted by Crippen LogP contribution is -1.99. The van der Waals surface area contributed by atoms with Crippen LogP contribution in [-0.2, 0) is 6.61 Å². The van der Waals surface area contributed by atoms with Crippen LogP contribution in [0, 0.1) is 0 Å². The third kappa shape index (κ3) is 3.29. The van der Waals surface area contributed by atoms with Crippen molar-refractivity contribution in [2.45, 2.75) is 6.61 Å². The molecule has 0 radical (unpaired) electrons. The van der Waals surface area contributed by atoms with Crippen LogP contribution in [0.2, 0.25) is 0 Å². The van der Waals surface area contributed by atoms with Gasteiger partial charge in [-0.3, -0.25) is 4.79 Å². The fourth-order valence-corrected chi connectivity index (χ4v) is 2.40. The molecule has 0 aliphatic heterocycles. The molecule has 0 atom stereocenters. The van der Waals surface area contributed by atoms with Crippen molar-refractivity contribution in [2.75, 3.05) is 7.11 Å². The topological polar surface area (TPSA) is 74.7 Å². The van der Waals surface area contributed by atoms with Crippen molar-refractivity contribution in [3.63, 3.8) is 0 Å². The van der Waals surface area contributed by atoms with Gasteiger partial charge in [-0.1, -0.05) is 5.16 Å². The summed E-state index contributed by atoms with van der Waals surface area (Å²) in [6.07, 6.45) is 2.29.